The third-order valence-corrected chi connectivity index (χ3v) is 9.34. The molecule has 0 unspecified atom stereocenters. The molecule has 1 saturated heterocycles. The van der Waals surface area contributed by atoms with E-state index in [4.69, 9.17) is 11.6 Å². The Hall–Kier alpha value is -1.98. The number of carbonyl (C=O) groups excluding carboxylic acids is 1. The molecule has 11 heteroatoms. The number of ketones is 1. The van der Waals surface area contributed by atoms with Crippen LogP contribution >= 0.6 is 34.7 Å². The predicted octanol–water partition coefficient (Wildman–Crippen LogP) is 4.56. The topological polar surface area (TPSA) is 92.3 Å². The van der Waals surface area contributed by atoms with Crippen molar-refractivity contribution in [1.82, 2.24) is 14.5 Å². The van der Waals surface area contributed by atoms with Crippen LogP contribution in [0.25, 0.3) is 0 Å². The van der Waals surface area contributed by atoms with E-state index in [-0.39, 0.29) is 17.2 Å². The number of hydrogen-bond donors (Lipinski definition) is 1. The molecule has 32 heavy (non-hydrogen) atoms. The van der Waals surface area contributed by atoms with E-state index in [1.165, 1.54) is 39.5 Å². The Morgan fingerprint density at radius 2 is 1.81 bits per heavy atom. The van der Waals surface area contributed by atoms with E-state index in [9.17, 15) is 13.2 Å². The summed E-state index contributed by atoms with van der Waals surface area (Å²) in [5.41, 5.74) is 1.46. The molecule has 7 nitrogen and oxygen atoms in total. The minimum atomic E-state index is -3.48. The molecule has 0 bridgehead atoms. The van der Waals surface area contributed by atoms with Crippen LogP contribution in [0.15, 0.2) is 57.8 Å². The molecular weight excluding hydrogens is 488 g/mol. The molecular formula is C21H21ClN4O3S3. The predicted molar refractivity (Wildman–Crippen MR) is 128 cm³/mol. The monoisotopic (exact) mass is 508 g/mol. The normalized spacial score (nSPS) is 14.5. The maximum absolute atomic E-state index is 12.6. The van der Waals surface area contributed by atoms with Crippen molar-refractivity contribution >= 4 is 55.6 Å². The van der Waals surface area contributed by atoms with E-state index in [0.29, 0.717) is 34.6 Å². The highest BCUT2D eigenvalue weighted by molar-refractivity contribution is 8.00. The average molecular weight is 509 g/mol. The summed E-state index contributed by atoms with van der Waals surface area (Å²) in [4.78, 5) is 12.7. The van der Waals surface area contributed by atoms with E-state index in [0.717, 1.165) is 22.7 Å². The fourth-order valence-corrected chi connectivity index (χ4v) is 6.79. The molecule has 1 fully saturated rings. The Morgan fingerprint density at radius 3 is 2.53 bits per heavy atom. The van der Waals surface area contributed by atoms with Gasteiger partial charge < -0.3 is 5.32 Å². The number of carbonyl (C=O) groups is 1. The fraction of sp³-hybridized carbons (Fsp3) is 0.286. The second-order valence-electron chi connectivity index (χ2n) is 7.17. The lowest BCUT2D eigenvalue weighted by atomic mass is 10.1. The zero-order chi connectivity index (χ0) is 22.6. The smallest absolute Gasteiger partial charge is 0.243 e. The molecule has 0 saturated carbocycles. The third-order valence-electron chi connectivity index (χ3n) is 4.99. The first-order valence-electron chi connectivity index (χ1n) is 10.0. The van der Waals surface area contributed by atoms with Gasteiger partial charge in [-0.15, -0.1) is 10.2 Å². The standard InChI is InChI=1S/C21H21ClN4O3S3/c22-18-6-2-1-5-16(18)14-30-21-25-24-20(31-21)23-13-19(27)15-7-9-17(10-8-15)32(28,29)26-11-3-4-12-26/h1-2,5-10H,3-4,11-14H2,(H,23,24). The number of thioether (sulfide) groups is 1. The van der Waals surface area contributed by atoms with Gasteiger partial charge in [0.2, 0.25) is 15.2 Å². The maximum Gasteiger partial charge on any atom is 0.243 e. The molecule has 0 spiro atoms. The average Bonchev–Trinajstić information content (AvgIpc) is 3.50. The number of benzene rings is 2. The van der Waals surface area contributed by atoms with Crippen LogP contribution < -0.4 is 5.32 Å². The summed E-state index contributed by atoms with van der Waals surface area (Å²) in [6.07, 6.45) is 1.76. The zero-order valence-electron chi connectivity index (χ0n) is 17.0. The number of rotatable bonds is 9. The molecule has 4 rings (SSSR count). The summed E-state index contributed by atoms with van der Waals surface area (Å²) in [5, 5.41) is 12.5. The largest absolute Gasteiger partial charge is 0.353 e. The molecule has 0 aliphatic carbocycles. The van der Waals surface area contributed by atoms with Crippen LogP contribution in [0.1, 0.15) is 28.8 Å². The van der Waals surface area contributed by atoms with Gasteiger partial charge in [-0.1, -0.05) is 52.9 Å². The maximum atomic E-state index is 12.6. The molecule has 1 aliphatic rings. The molecule has 0 radical (unpaired) electrons. The van der Waals surface area contributed by atoms with Crippen LogP contribution in [-0.2, 0) is 15.8 Å². The van der Waals surface area contributed by atoms with Gasteiger partial charge in [-0.2, -0.15) is 4.31 Å². The van der Waals surface area contributed by atoms with Gasteiger partial charge in [-0.25, -0.2) is 8.42 Å². The van der Waals surface area contributed by atoms with Crippen LogP contribution in [0.5, 0.6) is 0 Å². The van der Waals surface area contributed by atoms with Crippen molar-refractivity contribution in [2.24, 2.45) is 0 Å². The van der Waals surface area contributed by atoms with Gasteiger partial charge >= 0.3 is 0 Å². The molecule has 1 aliphatic heterocycles. The van der Waals surface area contributed by atoms with Crippen LogP contribution in [0, 0.1) is 0 Å². The van der Waals surface area contributed by atoms with Crippen LogP contribution in [-0.4, -0.2) is 48.3 Å². The van der Waals surface area contributed by atoms with Crippen LogP contribution in [0.2, 0.25) is 5.02 Å². The van der Waals surface area contributed by atoms with Gasteiger partial charge in [-0.3, -0.25) is 4.79 Å². The van der Waals surface area contributed by atoms with Crippen molar-refractivity contribution in [2.75, 3.05) is 25.0 Å². The van der Waals surface area contributed by atoms with E-state index in [1.807, 2.05) is 24.3 Å². The highest BCUT2D eigenvalue weighted by atomic mass is 35.5. The highest BCUT2D eigenvalue weighted by Gasteiger charge is 2.27. The van der Waals surface area contributed by atoms with Gasteiger partial charge in [0.05, 0.1) is 11.4 Å². The Balaban J connectivity index is 1.31. The van der Waals surface area contributed by atoms with Gasteiger partial charge in [0.1, 0.15) is 0 Å². The minimum absolute atomic E-state index is 0.0437. The van der Waals surface area contributed by atoms with E-state index < -0.39 is 10.0 Å². The lowest BCUT2D eigenvalue weighted by Gasteiger charge is -2.15. The van der Waals surface area contributed by atoms with Crippen LogP contribution in [0.3, 0.4) is 0 Å². The summed E-state index contributed by atoms with van der Waals surface area (Å²) in [6.45, 7) is 1.14. The molecule has 0 atom stereocenters. The number of hydrogen-bond acceptors (Lipinski definition) is 8. The summed E-state index contributed by atoms with van der Waals surface area (Å²) in [6, 6.07) is 13.7. The van der Waals surface area contributed by atoms with Crippen molar-refractivity contribution < 1.29 is 13.2 Å². The number of nitrogens with one attached hydrogen (secondary N) is 1. The van der Waals surface area contributed by atoms with Crippen LogP contribution in [0.4, 0.5) is 5.13 Å². The molecule has 2 aromatic carbocycles. The Kier molecular flexibility index (Phi) is 7.47. The summed E-state index contributed by atoms with van der Waals surface area (Å²) < 4.78 is 27.5. The Morgan fingerprint density at radius 1 is 1.09 bits per heavy atom. The number of Topliss-reactive ketones (excluding diaryl/α,β-unsaturated/α-hetero) is 1. The molecule has 3 aromatic rings. The van der Waals surface area contributed by atoms with Crippen molar-refractivity contribution in [3.05, 3.63) is 64.7 Å². The van der Waals surface area contributed by atoms with Crippen molar-refractivity contribution in [2.45, 2.75) is 27.8 Å². The molecule has 168 valence electrons. The van der Waals surface area contributed by atoms with Gasteiger partial charge in [0.15, 0.2) is 10.1 Å². The minimum Gasteiger partial charge on any atom is -0.353 e. The first kappa shape index (κ1) is 23.2. The van der Waals surface area contributed by atoms with E-state index >= 15 is 0 Å². The molecule has 2 heterocycles. The van der Waals surface area contributed by atoms with Gasteiger partial charge in [0.25, 0.3) is 0 Å². The lowest BCUT2D eigenvalue weighted by molar-refractivity contribution is 0.101. The summed E-state index contributed by atoms with van der Waals surface area (Å²) in [7, 11) is -3.48. The van der Waals surface area contributed by atoms with E-state index in [2.05, 4.69) is 15.5 Å². The van der Waals surface area contributed by atoms with Gasteiger partial charge in [-0.05, 0) is 48.7 Å². The number of anilines is 1. The number of aromatic nitrogens is 2. The third kappa shape index (κ3) is 5.49. The number of nitrogens with zero attached hydrogens (tertiary/aromatic N) is 3. The fourth-order valence-electron chi connectivity index (χ4n) is 3.24. The SMILES string of the molecule is O=C(CNc1nnc(SCc2ccccc2Cl)s1)c1ccc(S(=O)(=O)N2CCCC2)cc1. The van der Waals surface area contributed by atoms with Crippen molar-refractivity contribution in [1.29, 1.82) is 0 Å². The van der Waals surface area contributed by atoms with Gasteiger partial charge in [0, 0.05) is 29.4 Å². The Bertz CT molecular complexity index is 1190. The molecule has 1 N–H and O–H groups in total. The van der Waals surface area contributed by atoms with Crippen molar-refractivity contribution in [3.63, 3.8) is 0 Å². The summed E-state index contributed by atoms with van der Waals surface area (Å²) in [5.74, 6) is 0.524. The van der Waals surface area contributed by atoms with Crippen molar-refractivity contribution in [3.8, 4) is 0 Å². The lowest BCUT2D eigenvalue weighted by Crippen LogP contribution is -2.27. The number of halogens is 1. The molecule has 0 amide bonds. The summed E-state index contributed by atoms with van der Waals surface area (Å²) >= 11 is 9.07. The van der Waals surface area contributed by atoms with E-state index in [1.54, 1.807) is 12.1 Å². The first-order chi connectivity index (χ1) is 15.4. The Labute approximate surface area is 200 Å². The zero-order valence-corrected chi connectivity index (χ0v) is 20.2. The molecule has 1 aromatic heterocycles. The first-order valence-corrected chi connectivity index (χ1v) is 13.6. The second-order valence-corrected chi connectivity index (χ2v) is 11.7. The quantitative estimate of drug-likeness (QED) is 0.334. The number of sulfonamides is 1. The second kappa shape index (κ2) is 10.3. The highest BCUT2D eigenvalue weighted by Crippen LogP contribution is 2.30.